The first-order chi connectivity index (χ1) is 12.1. The second-order valence-electron chi connectivity index (χ2n) is 6.12. The van der Waals surface area contributed by atoms with Gasteiger partial charge in [0.2, 0.25) is 0 Å². The Kier molecular flexibility index (Phi) is 4.15. The summed E-state index contributed by atoms with van der Waals surface area (Å²) < 4.78 is 6.54. The molecule has 2 aliphatic rings. The SMILES string of the molecule is N#CC1CCOC1C1=CC(c2cc3c(N)ncc(C(N)=O)c3s2)CS1. The van der Waals surface area contributed by atoms with Crippen molar-refractivity contribution in [3.8, 4) is 6.07 Å². The Morgan fingerprint density at radius 2 is 2.32 bits per heavy atom. The fraction of sp³-hybridized carbons (Fsp3) is 0.353. The number of carbonyl (C=O) groups is 1. The van der Waals surface area contributed by atoms with Crippen LogP contribution >= 0.6 is 23.1 Å². The number of hydrogen-bond donors (Lipinski definition) is 2. The van der Waals surface area contributed by atoms with Crippen molar-refractivity contribution in [1.29, 1.82) is 5.26 Å². The Bertz CT molecular complexity index is 931. The minimum Gasteiger partial charge on any atom is -0.383 e. The van der Waals surface area contributed by atoms with E-state index in [0.717, 1.165) is 32.0 Å². The highest BCUT2D eigenvalue weighted by Gasteiger charge is 2.35. The van der Waals surface area contributed by atoms with Gasteiger partial charge in [0.1, 0.15) is 11.9 Å². The standard InChI is InChI=1S/C17H16N4O2S2/c18-5-8-1-2-23-14(8)13-3-9(7-24-13)12-4-10-15(25-12)11(17(20)22)6-21-16(10)19/h3-4,6,8-9,14H,1-2,7H2,(H2,19,21)(H2,20,22). The highest BCUT2D eigenvalue weighted by Crippen LogP contribution is 2.45. The maximum atomic E-state index is 11.6. The minimum atomic E-state index is -0.501. The molecule has 4 heterocycles. The van der Waals surface area contributed by atoms with Crippen LogP contribution in [-0.2, 0) is 4.74 Å². The number of nitrogen functional groups attached to an aromatic ring is 1. The number of aromatic nitrogens is 1. The summed E-state index contributed by atoms with van der Waals surface area (Å²) >= 11 is 3.27. The molecule has 0 radical (unpaired) electrons. The lowest BCUT2D eigenvalue weighted by Gasteiger charge is -2.12. The second-order valence-corrected chi connectivity index (χ2v) is 8.29. The average Bonchev–Trinajstić information content (AvgIpc) is 3.32. The zero-order valence-electron chi connectivity index (χ0n) is 13.3. The lowest BCUT2D eigenvalue weighted by atomic mass is 10.0. The van der Waals surface area contributed by atoms with Crippen LogP contribution in [0.15, 0.2) is 23.2 Å². The molecule has 4 rings (SSSR count). The van der Waals surface area contributed by atoms with Gasteiger partial charge in [0, 0.05) is 39.6 Å². The van der Waals surface area contributed by atoms with Gasteiger partial charge in [-0.15, -0.1) is 23.1 Å². The number of fused-ring (bicyclic) bond motifs is 1. The number of primary amides is 1. The zero-order valence-corrected chi connectivity index (χ0v) is 14.9. The van der Waals surface area contributed by atoms with E-state index in [1.54, 1.807) is 11.8 Å². The van der Waals surface area contributed by atoms with E-state index >= 15 is 0 Å². The van der Waals surface area contributed by atoms with Crippen LogP contribution in [0.25, 0.3) is 10.1 Å². The second kappa shape index (κ2) is 6.33. The van der Waals surface area contributed by atoms with E-state index in [9.17, 15) is 10.1 Å². The zero-order chi connectivity index (χ0) is 17.6. The lowest BCUT2D eigenvalue weighted by Crippen LogP contribution is -2.14. The summed E-state index contributed by atoms with van der Waals surface area (Å²) in [6, 6.07) is 4.34. The van der Waals surface area contributed by atoms with Gasteiger partial charge in [0.15, 0.2) is 0 Å². The number of rotatable bonds is 3. The first kappa shape index (κ1) is 16.4. The monoisotopic (exact) mass is 372 g/mol. The number of hydrogen-bond acceptors (Lipinski definition) is 7. The highest BCUT2D eigenvalue weighted by atomic mass is 32.2. The van der Waals surface area contributed by atoms with E-state index in [-0.39, 0.29) is 17.9 Å². The van der Waals surface area contributed by atoms with Gasteiger partial charge in [0.05, 0.1) is 22.3 Å². The van der Waals surface area contributed by atoms with E-state index < -0.39 is 5.91 Å². The number of pyridine rings is 1. The molecule has 2 aliphatic heterocycles. The van der Waals surface area contributed by atoms with Crippen molar-refractivity contribution in [3.63, 3.8) is 0 Å². The Morgan fingerprint density at radius 1 is 1.48 bits per heavy atom. The van der Waals surface area contributed by atoms with E-state index in [1.165, 1.54) is 17.5 Å². The van der Waals surface area contributed by atoms with Crippen LogP contribution in [0.5, 0.6) is 0 Å². The Hall–Kier alpha value is -2.08. The molecule has 0 bridgehead atoms. The number of amides is 1. The normalized spacial score (nSPS) is 25.9. The molecule has 1 fully saturated rings. The van der Waals surface area contributed by atoms with Crippen molar-refractivity contribution in [2.75, 3.05) is 18.1 Å². The summed E-state index contributed by atoms with van der Waals surface area (Å²) in [6.07, 6.45) is 4.30. The summed E-state index contributed by atoms with van der Waals surface area (Å²) in [6.45, 7) is 0.637. The minimum absolute atomic E-state index is 0.0683. The van der Waals surface area contributed by atoms with Gasteiger partial charge in [0.25, 0.3) is 5.91 Å². The summed E-state index contributed by atoms with van der Waals surface area (Å²) in [5.74, 6) is 0.932. The molecule has 8 heteroatoms. The van der Waals surface area contributed by atoms with Crippen molar-refractivity contribution in [3.05, 3.63) is 33.7 Å². The molecule has 2 aromatic heterocycles. The van der Waals surface area contributed by atoms with Crippen LogP contribution in [0.4, 0.5) is 5.82 Å². The average molecular weight is 372 g/mol. The van der Waals surface area contributed by atoms with Gasteiger partial charge >= 0.3 is 0 Å². The number of thiophene rings is 1. The third-order valence-electron chi connectivity index (χ3n) is 4.57. The van der Waals surface area contributed by atoms with Crippen LogP contribution in [0.3, 0.4) is 0 Å². The summed E-state index contributed by atoms with van der Waals surface area (Å²) in [5, 5.41) is 10.0. The highest BCUT2D eigenvalue weighted by molar-refractivity contribution is 8.03. The van der Waals surface area contributed by atoms with Crippen LogP contribution < -0.4 is 11.5 Å². The number of allylic oxidation sites excluding steroid dienone is 1. The fourth-order valence-corrected chi connectivity index (χ4v) is 5.91. The number of nitrogens with zero attached hydrogens (tertiary/aromatic N) is 2. The van der Waals surface area contributed by atoms with Gasteiger partial charge in [-0.1, -0.05) is 6.08 Å². The molecule has 1 amide bonds. The summed E-state index contributed by atoms with van der Waals surface area (Å²) in [5.41, 5.74) is 11.8. The number of anilines is 1. The molecule has 3 atom stereocenters. The Balaban J connectivity index is 1.69. The van der Waals surface area contributed by atoms with Crippen molar-refractivity contribution in [1.82, 2.24) is 4.98 Å². The lowest BCUT2D eigenvalue weighted by molar-refractivity contribution is 0.100. The number of carbonyl (C=O) groups excluding carboxylic acids is 1. The molecular weight excluding hydrogens is 356 g/mol. The predicted molar refractivity (Wildman–Crippen MR) is 99.3 cm³/mol. The van der Waals surface area contributed by atoms with Crippen molar-refractivity contribution in [2.24, 2.45) is 11.7 Å². The third kappa shape index (κ3) is 2.78. The quantitative estimate of drug-likeness (QED) is 0.856. The van der Waals surface area contributed by atoms with Crippen molar-refractivity contribution < 1.29 is 9.53 Å². The predicted octanol–water partition coefficient (Wildman–Crippen LogP) is 2.62. The molecule has 0 aliphatic carbocycles. The number of nitriles is 1. The van der Waals surface area contributed by atoms with E-state index in [2.05, 4.69) is 17.1 Å². The third-order valence-corrected chi connectivity index (χ3v) is 7.10. The largest absolute Gasteiger partial charge is 0.383 e. The van der Waals surface area contributed by atoms with Gasteiger partial charge in [-0.05, 0) is 12.5 Å². The summed E-state index contributed by atoms with van der Waals surface area (Å²) in [4.78, 5) is 18.0. The van der Waals surface area contributed by atoms with E-state index in [4.69, 9.17) is 16.2 Å². The smallest absolute Gasteiger partial charge is 0.251 e. The maximum absolute atomic E-state index is 11.6. The molecular formula is C17H16N4O2S2. The molecule has 1 saturated heterocycles. The van der Waals surface area contributed by atoms with Crippen LogP contribution in [-0.4, -0.2) is 29.4 Å². The maximum Gasteiger partial charge on any atom is 0.251 e. The molecule has 0 aromatic carbocycles. The van der Waals surface area contributed by atoms with Crippen molar-refractivity contribution in [2.45, 2.75) is 18.4 Å². The van der Waals surface area contributed by atoms with Gasteiger partial charge in [-0.2, -0.15) is 5.26 Å². The number of nitrogens with two attached hydrogens (primary N) is 2. The molecule has 0 spiro atoms. The molecule has 128 valence electrons. The molecule has 6 nitrogen and oxygen atoms in total. The molecule has 3 unspecified atom stereocenters. The number of ether oxygens (including phenoxy) is 1. The molecule has 2 aromatic rings. The first-order valence-corrected chi connectivity index (χ1v) is 9.72. The van der Waals surface area contributed by atoms with E-state index in [1.807, 2.05) is 6.07 Å². The van der Waals surface area contributed by atoms with Gasteiger partial charge in [-0.25, -0.2) is 4.98 Å². The van der Waals surface area contributed by atoms with Crippen LogP contribution in [0.1, 0.15) is 27.6 Å². The number of thioether (sulfide) groups is 1. The Morgan fingerprint density at radius 3 is 3.08 bits per heavy atom. The van der Waals surface area contributed by atoms with Gasteiger partial charge < -0.3 is 16.2 Å². The molecule has 25 heavy (non-hydrogen) atoms. The molecule has 0 saturated carbocycles. The fourth-order valence-electron chi connectivity index (χ4n) is 3.24. The van der Waals surface area contributed by atoms with Crippen molar-refractivity contribution >= 4 is 44.9 Å². The topological polar surface area (TPSA) is 115 Å². The summed E-state index contributed by atoms with van der Waals surface area (Å²) in [7, 11) is 0. The first-order valence-electron chi connectivity index (χ1n) is 7.92. The Labute approximate surface area is 152 Å². The van der Waals surface area contributed by atoms with E-state index in [0.29, 0.717) is 18.0 Å². The van der Waals surface area contributed by atoms with Crippen LogP contribution in [0.2, 0.25) is 0 Å². The van der Waals surface area contributed by atoms with Gasteiger partial charge in [-0.3, -0.25) is 4.79 Å². The van der Waals surface area contributed by atoms with Crippen LogP contribution in [0, 0.1) is 17.2 Å². The molecule has 4 N–H and O–H groups in total.